The van der Waals surface area contributed by atoms with Gasteiger partial charge in [0.25, 0.3) is 5.91 Å². The number of carbonyl (C=O) groups is 2. The Balaban J connectivity index is 1.96. The minimum Gasteiger partial charge on any atom is -0.380 e. The van der Waals surface area contributed by atoms with Crippen LogP contribution in [-0.4, -0.2) is 29.6 Å². The third-order valence-electron chi connectivity index (χ3n) is 4.08. The van der Waals surface area contributed by atoms with Gasteiger partial charge in [0.2, 0.25) is 5.91 Å². The molecule has 146 valence electrons. The smallest absolute Gasteiger partial charge is 0.252 e. The second-order valence-corrected chi connectivity index (χ2v) is 7.27. The Bertz CT molecular complexity index is 1040. The first-order valence-electron chi connectivity index (χ1n) is 9.17. The summed E-state index contributed by atoms with van der Waals surface area (Å²) in [5.74, 6) is -0.312. The fourth-order valence-corrected chi connectivity index (χ4v) is 3.99. The molecular formula is C21H23N3O3S. The standard InChI is InChI=1S/C21H23N3O3S/c1-3-27-12-11-24-18-10-9-17(22-15(2)25)14-19(18)28-21(24)23-20(26)13-16-7-5-4-6-8-16/h4-10,14H,3,11-13H2,1-2H3,(H,22,25). The molecule has 3 aromatic rings. The van der Waals surface area contributed by atoms with Crippen LogP contribution in [0.2, 0.25) is 0 Å². The summed E-state index contributed by atoms with van der Waals surface area (Å²) in [5, 5.41) is 2.79. The van der Waals surface area contributed by atoms with Crippen LogP contribution in [0.15, 0.2) is 53.5 Å². The fraction of sp³-hybridized carbons (Fsp3) is 0.286. The Labute approximate surface area is 167 Å². The summed E-state index contributed by atoms with van der Waals surface area (Å²) in [6.07, 6.45) is 0.262. The van der Waals surface area contributed by atoms with Crippen LogP contribution in [0.1, 0.15) is 19.4 Å². The number of nitrogens with one attached hydrogen (secondary N) is 1. The zero-order valence-corrected chi connectivity index (χ0v) is 16.8. The van der Waals surface area contributed by atoms with Crippen LogP contribution in [0.5, 0.6) is 0 Å². The number of benzene rings is 2. The summed E-state index contributed by atoms with van der Waals surface area (Å²) in [4.78, 5) is 28.8. The number of thiazole rings is 1. The topological polar surface area (TPSA) is 72.7 Å². The van der Waals surface area contributed by atoms with E-state index >= 15 is 0 Å². The highest BCUT2D eigenvalue weighted by atomic mass is 32.1. The Morgan fingerprint density at radius 2 is 1.96 bits per heavy atom. The lowest BCUT2D eigenvalue weighted by molar-refractivity contribution is -0.117. The number of hydrogen-bond acceptors (Lipinski definition) is 4. The van der Waals surface area contributed by atoms with Gasteiger partial charge in [0.15, 0.2) is 4.80 Å². The van der Waals surface area contributed by atoms with Crippen molar-refractivity contribution in [2.24, 2.45) is 4.99 Å². The van der Waals surface area contributed by atoms with Crippen molar-refractivity contribution in [1.29, 1.82) is 0 Å². The van der Waals surface area contributed by atoms with E-state index in [9.17, 15) is 9.59 Å². The van der Waals surface area contributed by atoms with Crippen molar-refractivity contribution in [3.63, 3.8) is 0 Å². The predicted octanol–water partition coefficient (Wildman–Crippen LogP) is 3.37. The summed E-state index contributed by atoms with van der Waals surface area (Å²) in [7, 11) is 0. The molecule has 0 aliphatic rings. The predicted molar refractivity (Wildman–Crippen MR) is 111 cm³/mol. The van der Waals surface area contributed by atoms with E-state index < -0.39 is 0 Å². The van der Waals surface area contributed by atoms with Crippen LogP contribution < -0.4 is 10.1 Å². The van der Waals surface area contributed by atoms with Crippen LogP contribution >= 0.6 is 11.3 Å². The van der Waals surface area contributed by atoms with Crippen molar-refractivity contribution in [3.05, 3.63) is 58.9 Å². The van der Waals surface area contributed by atoms with Gasteiger partial charge in [-0.1, -0.05) is 41.7 Å². The first-order chi connectivity index (χ1) is 13.6. The van der Waals surface area contributed by atoms with Crippen LogP contribution in [0, 0.1) is 0 Å². The molecule has 0 radical (unpaired) electrons. The van der Waals surface area contributed by atoms with E-state index in [-0.39, 0.29) is 18.2 Å². The van der Waals surface area contributed by atoms with Gasteiger partial charge in [-0.05, 0) is 30.7 Å². The Kier molecular flexibility index (Phi) is 6.73. The van der Waals surface area contributed by atoms with Gasteiger partial charge in [0.05, 0.1) is 23.2 Å². The van der Waals surface area contributed by atoms with Crippen LogP contribution in [0.25, 0.3) is 10.2 Å². The van der Waals surface area contributed by atoms with Gasteiger partial charge in [-0.3, -0.25) is 9.59 Å². The quantitative estimate of drug-likeness (QED) is 0.621. The van der Waals surface area contributed by atoms with Gasteiger partial charge in [0, 0.05) is 25.8 Å². The number of anilines is 1. The molecule has 2 amide bonds. The Morgan fingerprint density at radius 1 is 1.18 bits per heavy atom. The average molecular weight is 398 g/mol. The number of fused-ring (bicyclic) bond motifs is 1. The van der Waals surface area contributed by atoms with Crippen molar-refractivity contribution in [3.8, 4) is 0 Å². The van der Waals surface area contributed by atoms with Crippen LogP contribution in [-0.2, 0) is 27.3 Å². The van der Waals surface area contributed by atoms with E-state index in [1.165, 1.54) is 18.3 Å². The van der Waals surface area contributed by atoms with E-state index in [1.54, 1.807) is 0 Å². The molecule has 1 aromatic heterocycles. The molecule has 2 aromatic carbocycles. The van der Waals surface area contributed by atoms with Crippen LogP contribution in [0.3, 0.4) is 0 Å². The van der Waals surface area contributed by atoms with E-state index in [2.05, 4.69) is 10.3 Å². The molecule has 1 heterocycles. The summed E-state index contributed by atoms with van der Waals surface area (Å²) in [6, 6.07) is 15.3. The van der Waals surface area contributed by atoms with Crippen molar-refractivity contribution in [1.82, 2.24) is 4.57 Å². The van der Waals surface area contributed by atoms with E-state index in [4.69, 9.17) is 4.74 Å². The van der Waals surface area contributed by atoms with Gasteiger partial charge in [0.1, 0.15) is 0 Å². The first kappa shape index (κ1) is 20.0. The lowest BCUT2D eigenvalue weighted by atomic mass is 10.1. The minimum absolute atomic E-state index is 0.122. The Morgan fingerprint density at radius 3 is 2.68 bits per heavy atom. The number of ether oxygens (including phenoxy) is 1. The molecule has 0 saturated heterocycles. The van der Waals surface area contributed by atoms with E-state index in [0.29, 0.717) is 24.6 Å². The number of rotatable bonds is 7. The van der Waals surface area contributed by atoms with Gasteiger partial charge in [-0.25, -0.2) is 0 Å². The third kappa shape index (κ3) is 5.15. The number of hydrogen-bond donors (Lipinski definition) is 1. The summed E-state index contributed by atoms with van der Waals surface area (Å²) < 4.78 is 8.44. The molecule has 0 saturated carbocycles. The maximum Gasteiger partial charge on any atom is 0.252 e. The number of aromatic nitrogens is 1. The molecule has 0 spiro atoms. The lowest BCUT2D eigenvalue weighted by Gasteiger charge is -2.06. The van der Waals surface area contributed by atoms with Crippen molar-refractivity contribution in [2.45, 2.75) is 26.8 Å². The number of amides is 2. The monoisotopic (exact) mass is 397 g/mol. The normalized spacial score (nSPS) is 11.7. The highest BCUT2D eigenvalue weighted by Crippen LogP contribution is 2.22. The molecule has 7 heteroatoms. The van der Waals surface area contributed by atoms with Crippen molar-refractivity contribution in [2.75, 3.05) is 18.5 Å². The highest BCUT2D eigenvalue weighted by molar-refractivity contribution is 7.16. The molecule has 0 unspecified atom stereocenters. The molecule has 6 nitrogen and oxygen atoms in total. The summed E-state index contributed by atoms with van der Waals surface area (Å²) >= 11 is 1.43. The molecule has 0 aliphatic heterocycles. The first-order valence-corrected chi connectivity index (χ1v) is 9.98. The zero-order valence-electron chi connectivity index (χ0n) is 16.0. The second kappa shape index (κ2) is 9.43. The van der Waals surface area contributed by atoms with Crippen LogP contribution in [0.4, 0.5) is 5.69 Å². The maximum atomic E-state index is 12.5. The summed E-state index contributed by atoms with van der Waals surface area (Å²) in [5.41, 5.74) is 2.62. The maximum absolute atomic E-state index is 12.5. The summed E-state index contributed by atoms with van der Waals surface area (Å²) in [6.45, 7) is 5.20. The zero-order chi connectivity index (χ0) is 19.9. The average Bonchev–Trinajstić information content (AvgIpc) is 2.98. The molecule has 0 fully saturated rings. The van der Waals surface area contributed by atoms with E-state index in [1.807, 2.05) is 60.0 Å². The van der Waals surface area contributed by atoms with Gasteiger partial charge < -0.3 is 14.6 Å². The van der Waals surface area contributed by atoms with Gasteiger partial charge >= 0.3 is 0 Å². The molecule has 0 aliphatic carbocycles. The van der Waals surface area contributed by atoms with Crippen molar-refractivity contribution < 1.29 is 14.3 Å². The van der Waals surface area contributed by atoms with Crippen molar-refractivity contribution >= 4 is 39.1 Å². The molecule has 3 rings (SSSR count). The number of nitrogens with zero attached hydrogens (tertiary/aromatic N) is 2. The third-order valence-corrected chi connectivity index (χ3v) is 5.13. The fourth-order valence-electron chi connectivity index (χ4n) is 2.87. The molecule has 0 atom stereocenters. The lowest BCUT2D eigenvalue weighted by Crippen LogP contribution is -2.20. The Hall–Kier alpha value is -2.77. The molecule has 1 N–H and O–H groups in total. The molecular weight excluding hydrogens is 374 g/mol. The van der Waals surface area contributed by atoms with Gasteiger partial charge in [-0.15, -0.1) is 0 Å². The highest BCUT2D eigenvalue weighted by Gasteiger charge is 2.10. The number of carbonyl (C=O) groups excluding carboxylic acids is 2. The molecule has 28 heavy (non-hydrogen) atoms. The minimum atomic E-state index is -0.190. The largest absolute Gasteiger partial charge is 0.380 e. The molecule has 0 bridgehead atoms. The SMILES string of the molecule is CCOCCn1c(=NC(=O)Cc2ccccc2)sc2cc(NC(C)=O)ccc21. The second-order valence-electron chi connectivity index (χ2n) is 6.26. The van der Waals surface area contributed by atoms with E-state index in [0.717, 1.165) is 21.5 Å². The van der Waals surface area contributed by atoms with Gasteiger partial charge in [-0.2, -0.15) is 4.99 Å².